The van der Waals surface area contributed by atoms with Gasteiger partial charge in [0.1, 0.15) is 5.15 Å². The molecule has 0 unspecified atom stereocenters. The molecule has 2 N–H and O–H groups in total. The number of aryl methyl sites for hydroxylation is 1. The lowest BCUT2D eigenvalue weighted by atomic mass is 10.0. The molecule has 152 valence electrons. The van der Waals surface area contributed by atoms with E-state index in [1.807, 2.05) is 13.8 Å². The summed E-state index contributed by atoms with van der Waals surface area (Å²) in [7, 11) is 0. The Morgan fingerprint density at radius 1 is 1.10 bits per heavy atom. The summed E-state index contributed by atoms with van der Waals surface area (Å²) in [5.41, 5.74) is 1.52. The minimum Gasteiger partial charge on any atom is -0.306 e. The number of nitrogens with one attached hydrogen (secondary N) is 2. The Hall–Kier alpha value is -2.94. The number of halogens is 4. The third-order valence-electron chi connectivity index (χ3n) is 4.21. The van der Waals surface area contributed by atoms with Gasteiger partial charge in [0.2, 0.25) is 0 Å². The van der Waals surface area contributed by atoms with Crippen molar-refractivity contribution in [2.45, 2.75) is 32.9 Å². The summed E-state index contributed by atoms with van der Waals surface area (Å²) in [5.74, 6) is -0.0290. The maximum Gasteiger partial charge on any atom is 0.417 e. The number of carbonyl (C=O) groups is 1. The minimum absolute atomic E-state index is 0.0290. The van der Waals surface area contributed by atoms with Crippen molar-refractivity contribution >= 4 is 40.0 Å². The Kier molecular flexibility index (Phi) is 5.61. The minimum atomic E-state index is -4.56. The highest BCUT2D eigenvalue weighted by Crippen LogP contribution is 2.32. The second-order valence-corrected chi connectivity index (χ2v) is 7.06. The van der Waals surface area contributed by atoms with Crippen molar-refractivity contribution in [2.75, 3.05) is 10.6 Å². The van der Waals surface area contributed by atoms with Crippen molar-refractivity contribution in [3.63, 3.8) is 0 Å². The second-order valence-electron chi connectivity index (χ2n) is 6.68. The number of fused-ring (bicyclic) bond motifs is 1. The summed E-state index contributed by atoms with van der Waals surface area (Å²) in [6.45, 7) is 5.33. The fourth-order valence-electron chi connectivity index (χ4n) is 2.84. The molecule has 10 heteroatoms. The molecule has 0 aliphatic carbocycles. The molecule has 0 fully saturated rings. The maximum absolute atomic E-state index is 12.9. The van der Waals surface area contributed by atoms with E-state index in [1.54, 1.807) is 12.1 Å². The number of pyridine rings is 3. The number of carbonyl (C=O) groups excluding carboxylic acids is 1. The van der Waals surface area contributed by atoms with E-state index < -0.39 is 17.8 Å². The van der Waals surface area contributed by atoms with Crippen LogP contribution in [-0.4, -0.2) is 21.0 Å². The second kappa shape index (κ2) is 7.82. The topological polar surface area (TPSA) is 79.8 Å². The first-order chi connectivity index (χ1) is 13.6. The number of anilines is 2. The Morgan fingerprint density at radius 3 is 2.45 bits per heavy atom. The van der Waals surface area contributed by atoms with Crippen molar-refractivity contribution in [2.24, 2.45) is 0 Å². The van der Waals surface area contributed by atoms with E-state index in [2.05, 4.69) is 25.6 Å². The predicted molar refractivity (Wildman–Crippen MR) is 105 cm³/mol. The zero-order chi connectivity index (χ0) is 21.3. The van der Waals surface area contributed by atoms with Crippen LogP contribution >= 0.6 is 11.6 Å². The van der Waals surface area contributed by atoms with Crippen LogP contribution in [0.1, 0.15) is 36.6 Å². The van der Waals surface area contributed by atoms with Gasteiger partial charge in [-0.1, -0.05) is 25.4 Å². The maximum atomic E-state index is 12.9. The van der Waals surface area contributed by atoms with E-state index in [-0.39, 0.29) is 22.5 Å². The van der Waals surface area contributed by atoms with Crippen molar-refractivity contribution < 1.29 is 18.0 Å². The summed E-state index contributed by atoms with van der Waals surface area (Å²) < 4.78 is 38.7. The van der Waals surface area contributed by atoms with E-state index in [0.29, 0.717) is 22.3 Å². The summed E-state index contributed by atoms with van der Waals surface area (Å²) in [5, 5.41) is 5.33. The summed E-state index contributed by atoms with van der Waals surface area (Å²) >= 11 is 5.99. The molecule has 3 rings (SSSR count). The molecular weight excluding hydrogens is 407 g/mol. The number of amides is 2. The van der Waals surface area contributed by atoms with Gasteiger partial charge in [-0.25, -0.2) is 9.78 Å². The predicted octanol–water partition coefficient (Wildman–Crippen LogP) is 5.77. The smallest absolute Gasteiger partial charge is 0.306 e. The van der Waals surface area contributed by atoms with Crippen LogP contribution in [0.15, 0.2) is 30.6 Å². The van der Waals surface area contributed by atoms with E-state index >= 15 is 0 Å². The largest absolute Gasteiger partial charge is 0.417 e. The van der Waals surface area contributed by atoms with Crippen LogP contribution in [0, 0.1) is 6.92 Å². The van der Waals surface area contributed by atoms with Crippen LogP contribution in [0.25, 0.3) is 11.0 Å². The van der Waals surface area contributed by atoms with Gasteiger partial charge in [0, 0.05) is 11.8 Å². The summed E-state index contributed by atoms with van der Waals surface area (Å²) in [6.07, 6.45) is -2.37. The fourth-order valence-corrected chi connectivity index (χ4v) is 2.98. The van der Waals surface area contributed by atoms with E-state index in [0.717, 1.165) is 12.3 Å². The average molecular weight is 424 g/mol. The third kappa shape index (κ3) is 4.56. The Balaban J connectivity index is 1.92. The zero-order valence-corrected chi connectivity index (χ0v) is 16.5. The van der Waals surface area contributed by atoms with Gasteiger partial charge in [-0.05, 0) is 31.0 Å². The molecule has 3 aromatic heterocycles. The van der Waals surface area contributed by atoms with Crippen molar-refractivity contribution in [1.29, 1.82) is 0 Å². The normalized spacial score (nSPS) is 11.7. The van der Waals surface area contributed by atoms with Gasteiger partial charge in [0.25, 0.3) is 0 Å². The number of urea groups is 1. The molecule has 2 amide bonds. The van der Waals surface area contributed by atoms with E-state index in [4.69, 9.17) is 11.6 Å². The van der Waals surface area contributed by atoms with Crippen LogP contribution in [0.2, 0.25) is 5.15 Å². The SMILES string of the molecule is Cc1ncc(C(F)(F)F)cc1NC(=O)Nc1cnc2ccc(Cl)nc2c1C(C)C. The lowest BCUT2D eigenvalue weighted by Gasteiger charge is -2.17. The van der Waals surface area contributed by atoms with Crippen molar-refractivity contribution in [1.82, 2.24) is 15.0 Å². The highest BCUT2D eigenvalue weighted by Gasteiger charge is 2.31. The van der Waals surface area contributed by atoms with Crippen LogP contribution in [0.4, 0.5) is 29.3 Å². The van der Waals surface area contributed by atoms with Gasteiger partial charge in [0.15, 0.2) is 0 Å². The number of alkyl halides is 3. The monoisotopic (exact) mass is 423 g/mol. The van der Waals surface area contributed by atoms with Crippen LogP contribution in [-0.2, 0) is 6.18 Å². The zero-order valence-electron chi connectivity index (χ0n) is 15.7. The molecule has 0 bridgehead atoms. The number of aromatic nitrogens is 3. The molecule has 3 aromatic rings. The van der Waals surface area contributed by atoms with Gasteiger partial charge in [0.05, 0.1) is 39.9 Å². The van der Waals surface area contributed by atoms with Crippen LogP contribution < -0.4 is 10.6 Å². The average Bonchev–Trinajstić information content (AvgIpc) is 2.61. The Bertz CT molecular complexity index is 1090. The quantitative estimate of drug-likeness (QED) is 0.524. The lowest BCUT2D eigenvalue weighted by molar-refractivity contribution is -0.137. The van der Waals surface area contributed by atoms with Gasteiger partial charge >= 0.3 is 12.2 Å². The molecule has 0 aromatic carbocycles. The lowest BCUT2D eigenvalue weighted by Crippen LogP contribution is -2.22. The first kappa shape index (κ1) is 20.8. The van der Waals surface area contributed by atoms with Gasteiger partial charge in [-0.3, -0.25) is 9.97 Å². The number of nitrogens with zero attached hydrogens (tertiary/aromatic N) is 3. The molecule has 0 aliphatic heterocycles. The third-order valence-corrected chi connectivity index (χ3v) is 4.42. The Morgan fingerprint density at radius 2 is 1.79 bits per heavy atom. The van der Waals surface area contributed by atoms with Crippen LogP contribution in [0.5, 0.6) is 0 Å². The molecule has 0 atom stereocenters. The first-order valence-corrected chi connectivity index (χ1v) is 9.01. The first-order valence-electron chi connectivity index (χ1n) is 8.63. The van der Waals surface area contributed by atoms with E-state index in [1.165, 1.54) is 13.1 Å². The highest BCUT2D eigenvalue weighted by molar-refractivity contribution is 6.29. The molecular formula is C19H17ClF3N5O. The van der Waals surface area contributed by atoms with Crippen molar-refractivity contribution in [3.05, 3.63) is 52.6 Å². The molecule has 0 saturated carbocycles. The van der Waals surface area contributed by atoms with Gasteiger partial charge in [-0.2, -0.15) is 13.2 Å². The van der Waals surface area contributed by atoms with E-state index in [9.17, 15) is 18.0 Å². The van der Waals surface area contributed by atoms with Gasteiger partial charge in [-0.15, -0.1) is 0 Å². The summed E-state index contributed by atoms with van der Waals surface area (Å²) in [6, 6.07) is 3.45. The molecule has 0 radical (unpaired) electrons. The number of rotatable bonds is 3. The molecule has 0 saturated heterocycles. The van der Waals surface area contributed by atoms with Crippen LogP contribution in [0.3, 0.4) is 0 Å². The molecule has 0 spiro atoms. The fraction of sp³-hybridized carbons (Fsp3) is 0.263. The highest BCUT2D eigenvalue weighted by atomic mass is 35.5. The summed E-state index contributed by atoms with van der Waals surface area (Å²) in [4.78, 5) is 24.7. The molecule has 29 heavy (non-hydrogen) atoms. The number of hydrogen-bond donors (Lipinski definition) is 2. The molecule has 0 aliphatic rings. The van der Waals surface area contributed by atoms with Gasteiger partial charge < -0.3 is 10.6 Å². The molecule has 6 nitrogen and oxygen atoms in total. The molecule has 3 heterocycles. The van der Waals surface area contributed by atoms with Crippen molar-refractivity contribution in [3.8, 4) is 0 Å². The standard InChI is InChI=1S/C19H17ClF3N5O/c1-9(2)16-14(8-25-12-4-5-15(20)28-17(12)16)27-18(29)26-13-6-11(19(21,22)23)7-24-10(13)3/h4-9H,1-3H3,(H2,26,27,29). The number of hydrogen-bond acceptors (Lipinski definition) is 4. The Labute approximate surface area is 169 Å².